The molecule has 2 fully saturated rings. The van der Waals surface area contributed by atoms with Crippen molar-refractivity contribution in [3.05, 3.63) is 75.6 Å². The summed E-state index contributed by atoms with van der Waals surface area (Å²) in [5, 5.41) is 27.9. The molecule has 0 spiro atoms. The number of amides is 1. The van der Waals surface area contributed by atoms with Crippen molar-refractivity contribution in [2.24, 2.45) is 0 Å². The molecule has 2 saturated heterocycles. The minimum absolute atomic E-state index is 0.0188. The number of non-ortho nitro benzene ring substituents is 1. The second-order valence-corrected chi connectivity index (χ2v) is 9.49. The van der Waals surface area contributed by atoms with E-state index in [1.807, 2.05) is 12.1 Å². The van der Waals surface area contributed by atoms with Crippen molar-refractivity contribution in [3.63, 3.8) is 0 Å². The number of piperidine rings is 1. The van der Waals surface area contributed by atoms with Gasteiger partial charge in [0.15, 0.2) is 0 Å². The summed E-state index contributed by atoms with van der Waals surface area (Å²) < 4.78 is 7.03. The SMILES string of the molecule is Cc1c(C(=O)Nc2ccc(N3CCC(N4CCOCC4)CC3)c(C#N)c2)cnn1-c1ccc([N+](=O)[O-])cc1. The lowest BCUT2D eigenvalue weighted by atomic mass is 10.0. The Bertz CT molecular complexity index is 1370. The molecule has 11 heteroatoms. The number of carbonyl (C=O) groups excluding carboxylic acids is 1. The molecular weight excluding hydrogens is 486 g/mol. The average Bonchev–Trinajstić information content (AvgIpc) is 3.35. The predicted octanol–water partition coefficient (Wildman–Crippen LogP) is 3.51. The van der Waals surface area contributed by atoms with Crippen molar-refractivity contribution in [1.29, 1.82) is 5.26 Å². The van der Waals surface area contributed by atoms with Gasteiger partial charge in [0.1, 0.15) is 6.07 Å². The number of nitriles is 1. The van der Waals surface area contributed by atoms with Gasteiger partial charge in [-0.2, -0.15) is 10.4 Å². The summed E-state index contributed by atoms with van der Waals surface area (Å²) in [5.41, 5.74) is 3.49. The number of anilines is 2. The summed E-state index contributed by atoms with van der Waals surface area (Å²) in [5.74, 6) is -0.348. The fourth-order valence-corrected chi connectivity index (χ4v) is 5.20. The number of hydrogen-bond donors (Lipinski definition) is 1. The number of ether oxygens (including phenoxy) is 1. The summed E-state index contributed by atoms with van der Waals surface area (Å²) in [6, 6.07) is 14.2. The number of nitrogens with one attached hydrogen (secondary N) is 1. The molecule has 1 N–H and O–H groups in total. The number of aromatic nitrogens is 2. The highest BCUT2D eigenvalue weighted by atomic mass is 16.6. The van der Waals surface area contributed by atoms with Crippen LogP contribution in [0.5, 0.6) is 0 Å². The average molecular weight is 516 g/mol. The van der Waals surface area contributed by atoms with Crippen LogP contribution in [0.2, 0.25) is 0 Å². The van der Waals surface area contributed by atoms with E-state index in [-0.39, 0.29) is 11.6 Å². The van der Waals surface area contributed by atoms with Crippen molar-refractivity contribution in [2.75, 3.05) is 49.6 Å². The third-order valence-electron chi connectivity index (χ3n) is 7.30. The Morgan fingerprint density at radius 1 is 1.13 bits per heavy atom. The lowest BCUT2D eigenvalue weighted by Crippen LogP contribution is -2.49. The van der Waals surface area contributed by atoms with Gasteiger partial charge in [0.25, 0.3) is 11.6 Å². The van der Waals surface area contributed by atoms with Crippen molar-refractivity contribution in [2.45, 2.75) is 25.8 Å². The Hall–Kier alpha value is -4.27. The Morgan fingerprint density at radius 3 is 2.50 bits per heavy atom. The Labute approximate surface area is 220 Å². The number of benzene rings is 2. The molecule has 2 aromatic carbocycles. The molecule has 0 aliphatic carbocycles. The van der Waals surface area contributed by atoms with Crippen molar-refractivity contribution < 1.29 is 14.5 Å². The van der Waals surface area contributed by atoms with E-state index in [1.54, 1.807) is 29.8 Å². The smallest absolute Gasteiger partial charge is 0.269 e. The fourth-order valence-electron chi connectivity index (χ4n) is 5.20. The van der Waals surface area contributed by atoms with Crippen molar-refractivity contribution in [1.82, 2.24) is 14.7 Å². The van der Waals surface area contributed by atoms with E-state index in [0.717, 1.165) is 57.9 Å². The van der Waals surface area contributed by atoms with Crippen LogP contribution in [0.4, 0.5) is 17.1 Å². The molecule has 0 saturated carbocycles. The summed E-state index contributed by atoms with van der Waals surface area (Å²) in [7, 11) is 0. The van der Waals surface area contributed by atoms with E-state index in [2.05, 4.69) is 26.3 Å². The van der Waals surface area contributed by atoms with Crippen LogP contribution in [0, 0.1) is 28.4 Å². The highest BCUT2D eigenvalue weighted by molar-refractivity contribution is 6.05. The van der Waals surface area contributed by atoms with E-state index >= 15 is 0 Å². The number of nitro groups is 1. The number of hydrogen-bond acceptors (Lipinski definition) is 8. The second-order valence-electron chi connectivity index (χ2n) is 9.49. The fraction of sp³-hybridized carbons (Fsp3) is 0.370. The third-order valence-corrected chi connectivity index (χ3v) is 7.30. The van der Waals surface area contributed by atoms with Crippen LogP contribution in [0.25, 0.3) is 5.69 Å². The summed E-state index contributed by atoms with van der Waals surface area (Å²) in [6.07, 6.45) is 3.55. The van der Waals surface area contributed by atoms with Crippen molar-refractivity contribution in [3.8, 4) is 11.8 Å². The molecule has 1 amide bonds. The van der Waals surface area contributed by atoms with Gasteiger partial charge in [-0.3, -0.25) is 19.8 Å². The number of nitrogens with zero attached hydrogens (tertiary/aromatic N) is 6. The van der Waals surface area contributed by atoms with Crippen LogP contribution in [0.15, 0.2) is 48.7 Å². The molecule has 1 aromatic heterocycles. The van der Waals surface area contributed by atoms with Crippen molar-refractivity contribution >= 4 is 23.0 Å². The highest BCUT2D eigenvalue weighted by Crippen LogP contribution is 2.29. The van der Waals surface area contributed by atoms with Gasteiger partial charge in [0, 0.05) is 50.0 Å². The van der Waals surface area contributed by atoms with Gasteiger partial charge in [-0.15, -0.1) is 0 Å². The molecule has 3 heterocycles. The lowest BCUT2D eigenvalue weighted by molar-refractivity contribution is -0.384. The Kier molecular flexibility index (Phi) is 7.35. The summed E-state index contributed by atoms with van der Waals surface area (Å²) in [6.45, 7) is 7.07. The van der Waals surface area contributed by atoms with Crippen LogP contribution in [0.3, 0.4) is 0 Å². The first-order valence-corrected chi connectivity index (χ1v) is 12.7. The summed E-state index contributed by atoms with van der Waals surface area (Å²) in [4.78, 5) is 28.2. The summed E-state index contributed by atoms with van der Waals surface area (Å²) >= 11 is 0. The number of morpholine rings is 1. The molecular formula is C27H29N7O4. The van der Waals surface area contributed by atoms with Gasteiger partial charge in [0.2, 0.25) is 0 Å². The molecule has 0 atom stereocenters. The monoisotopic (exact) mass is 515 g/mol. The predicted molar refractivity (Wildman–Crippen MR) is 142 cm³/mol. The Balaban J connectivity index is 1.25. The van der Waals surface area contributed by atoms with Gasteiger partial charge in [-0.1, -0.05) is 0 Å². The Morgan fingerprint density at radius 2 is 1.84 bits per heavy atom. The van der Waals surface area contributed by atoms with Gasteiger partial charge < -0.3 is 15.0 Å². The zero-order valence-corrected chi connectivity index (χ0v) is 21.2. The molecule has 0 unspecified atom stereocenters. The normalized spacial score (nSPS) is 16.7. The van der Waals surface area contributed by atoms with Crippen LogP contribution < -0.4 is 10.2 Å². The van der Waals surface area contributed by atoms with Crippen LogP contribution in [-0.4, -0.2) is 70.9 Å². The van der Waals surface area contributed by atoms with Gasteiger partial charge >= 0.3 is 0 Å². The maximum absolute atomic E-state index is 13.0. The number of rotatable bonds is 6. The number of carbonyl (C=O) groups is 1. The zero-order chi connectivity index (χ0) is 26.6. The molecule has 5 rings (SSSR count). The van der Waals surface area contributed by atoms with Gasteiger partial charge in [-0.25, -0.2) is 4.68 Å². The molecule has 11 nitrogen and oxygen atoms in total. The minimum atomic E-state index is -0.465. The van der Waals surface area contributed by atoms with Crippen LogP contribution in [0.1, 0.15) is 34.5 Å². The van der Waals surface area contributed by atoms with E-state index in [9.17, 15) is 20.2 Å². The maximum Gasteiger partial charge on any atom is 0.269 e. The standard InChI is InChI=1S/C27H29N7O4/c1-19-25(18-29-33(19)23-3-5-24(6-4-23)34(36)37)27(35)30-21-2-7-26(20(16-21)17-28)32-10-8-22(9-11-32)31-12-14-38-15-13-31/h2-7,16,18,22H,8-15H2,1H3,(H,30,35). The van der Waals surface area contributed by atoms with Crippen LogP contribution in [-0.2, 0) is 4.74 Å². The molecule has 2 aliphatic rings. The first kappa shape index (κ1) is 25.4. The topological polar surface area (TPSA) is 130 Å². The van der Waals surface area contributed by atoms with Gasteiger partial charge in [0.05, 0.1) is 52.5 Å². The molecule has 2 aliphatic heterocycles. The molecule has 0 radical (unpaired) electrons. The van der Waals surface area contributed by atoms with Crippen LogP contribution >= 0.6 is 0 Å². The zero-order valence-electron chi connectivity index (χ0n) is 21.2. The minimum Gasteiger partial charge on any atom is -0.379 e. The lowest BCUT2D eigenvalue weighted by Gasteiger charge is -2.41. The number of nitro benzene ring substituents is 1. The highest BCUT2D eigenvalue weighted by Gasteiger charge is 2.27. The van der Waals surface area contributed by atoms with E-state index < -0.39 is 4.92 Å². The first-order valence-electron chi connectivity index (χ1n) is 12.7. The molecule has 38 heavy (non-hydrogen) atoms. The molecule has 196 valence electrons. The van der Waals surface area contributed by atoms with E-state index in [1.165, 1.54) is 18.3 Å². The van der Waals surface area contributed by atoms with E-state index in [4.69, 9.17) is 4.74 Å². The van der Waals surface area contributed by atoms with Gasteiger partial charge in [-0.05, 0) is 50.1 Å². The first-order chi connectivity index (χ1) is 18.4. The quantitative estimate of drug-likeness (QED) is 0.390. The molecule has 0 bridgehead atoms. The third kappa shape index (κ3) is 5.22. The second kappa shape index (κ2) is 11.0. The largest absolute Gasteiger partial charge is 0.379 e. The maximum atomic E-state index is 13.0. The van der Waals surface area contributed by atoms with E-state index in [0.29, 0.717) is 34.2 Å². The molecule has 3 aromatic rings.